The highest BCUT2D eigenvalue weighted by Gasteiger charge is 2.48. The summed E-state index contributed by atoms with van der Waals surface area (Å²) in [5, 5.41) is 24.1. The number of carbonyl (C=O) groups excluding carboxylic acids is 2. The molecule has 1 aliphatic heterocycles. The van der Waals surface area contributed by atoms with Crippen molar-refractivity contribution >= 4 is 61.2 Å². The minimum atomic E-state index is -0.856. The number of aromatic nitrogens is 1. The van der Waals surface area contributed by atoms with Crippen LogP contribution in [0.25, 0.3) is 16.0 Å². The number of benzene rings is 2. The number of thiophene rings is 1. The third kappa shape index (κ3) is 3.17. The molecule has 0 saturated carbocycles. The molecule has 0 bridgehead atoms. The Labute approximate surface area is 188 Å². The van der Waals surface area contributed by atoms with Gasteiger partial charge in [-0.2, -0.15) is 0 Å². The van der Waals surface area contributed by atoms with Gasteiger partial charge in [-0.05, 0) is 17.5 Å². The second-order valence-corrected chi connectivity index (χ2v) is 8.94. The number of ketones is 1. The van der Waals surface area contributed by atoms with E-state index in [-0.39, 0.29) is 22.2 Å². The molecule has 1 atom stereocenters. The minimum Gasteiger partial charge on any atom is -0.507 e. The van der Waals surface area contributed by atoms with Crippen LogP contribution in [0.1, 0.15) is 16.5 Å². The first-order chi connectivity index (χ1) is 15.5. The number of carbonyl (C=O) groups is 2. The SMILES string of the molecule is O=C1C(=O)N(c2nc3ccc([N+](=O)[O-])cc3s2)C(c2cccs2)/C1=C(\O)c1ccccc1. The molecule has 2 aromatic carbocycles. The fourth-order valence-electron chi connectivity index (χ4n) is 3.62. The van der Waals surface area contributed by atoms with Crippen molar-refractivity contribution < 1.29 is 19.6 Å². The van der Waals surface area contributed by atoms with E-state index in [4.69, 9.17) is 0 Å². The molecule has 1 saturated heterocycles. The first-order valence-electron chi connectivity index (χ1n) is 9.40. The normalized spacial score (nSPS) is 17.9. The van der Waals surface area contributed by atoms with E-state index >= 15 is 0 Å². The molecule has 8 nitrogen and oxygen atoms in total. The molecule has 1 fully saturated rings. The monoisotopic (exact) mass is 463 g/mol. The van der Waals surface area contributed by atoms with E-state index in [1.54, 1.807) is 42.5 Å². The zero-order chi connectivity index (χ0) is 22.4. The first kappa shape index (κ1) is 20.0. The van der Waals surface area contributed by atoms with E-state index in [1.807, 2.05) is 5.38 Å². The number of rotatable bonds is 4. The molecule has 158 valence electrons. The Morgan fingerprint density at radius 1 is 1.09 bits per heavy atom. The van der Waals surface area contributed by atoms with Crippen molar-refractivity contribution in [3.63, 3.8) is 0 Å². The number of aliphatic hydroxyl groups is 1. The molecule has 0 aliphatic carbocycles. The molecule has 1 amide bonds. The van der Waals surface area contributed by atoms with Crippen molar-refractivity contribution in [2.24, 2.45) is 0 Å². The van der Waals surface area contributed by atoms with Gasteiger partial charge in [-0.3, -0.25) is 24.6 Å². The Morgan fingerprint density at radius 3 is 2.56 bits per heavy atom. The summed E-state index contributed by atoms with van der Waals surface area (Å²) < 4.78 is 0.518. The highest BCUT2D eigenvalue weighted by atomic mass is 32.1. The molecule has 0 radical (unpaired) electrons. The van der Waals surface area contributed by atoms with E-state index in [2.05, 4.69) is 4.98 Å². The van der Waals surface area contributed by atoms with Gasteiger partial charge in [0.25, 0.3) is 11.5 Å². The Bertz CT molecular complexity index is 1410. The number of hydrogen-bond acceptors (Lipinski definition) is 8. The van der Waals surface area contributed by atoms with E-state index in [0.29, 0.717) is 20.7 Å². The molecule has 2 aromatic heterocycles. The molecule has 3 heterocycles. The number of nitro benzene ring substituents is 1. The van der Waals surface area contributed by atoms with E-state index in [0.717, 1.165) is 11.3 Å². The Morgan fingerprint density at radius 2 is 1.88 bits per heavy atom. The van der Waals surface area contributed by atoms with E-state index in [1.165, 1.54) is 34.4 Å². The zero-order valence-electron chi connectivity index (χ0n) is 16.2. The number of non-ortho nitro benzene ring substituents is 1. The summed E-state index contributed by atoms with van der Waals surface area (Å²) >= 11 is 2.43. The van der Waals surface area contributed by atoms with E-state index < -0.39 is 22.7 Å². The van der Waals surface area contributed by atoms with Gasteiger partial charge in [0.05, 0.1) is 20.7 Å². The zero-order valence-corrected chi connectivity index (χ0v) is 17.8. The van der Waals surface area contributed by atoms with Crippen molar-refractivity contribution in [1.82, 2.24) is 4.98 Å². The maximum atomic E-state index is 13.1. The molecule has 0 spiro atoms. The van der Waals surface area contributed by atoms with Crippen molar-refractivity contribution in [3.05, 3.63) is 92.2 Å². The number of fused-ring (bicyclic) bond motifs is 1. The molecular weight excluding hydrogens is 450 g/mol. The number of nitro groups is 1. The highest BCUT2D eigenvalue weighted by molar-refractivity contribution is 7.22. The van der Waals surface area contributed by atoms with Gasteiger partial charge in [-0.1, -0.05) is 47.7 Å². The minimum absolute atomic E-state index is 0.0195. The number of nitrogens with zero attached hydrogens (tertiary/aromatic N) is 3. The summed E-state index contributed by atoms with van der Waals surface area (Å²) in [5.41, 5.74) is 0.792. The summed E-state index contributed by atoms with van der Waals surface area (Å²) in [4.78, 5) is 43.2. The van der Waals surface area contributed by atoms with Crippen LogP contribution in [0, 0.1) is 10.1 Å². The Kier molecular flexibility index (Phi) is 4.80. The van der Waals surface area contributed by atoms with Gasteiger partial charge in [-0.25, -0.2) is 4.98 Å². The first-order valence-corrected chi connectivity index (χ1v) is 11.1. The number of hydrogen-bond donors (Lipinski definition) is 1. The summed E-state index contributed by atoms with van der Waals surface area (Å²) in [6.45, 7) is 0. The van der Waals surface area contributed by atoms with Crippen LogP contribution in [-0.2, 0) is 9.59 Å². The average molecular weight is 463 g/mol. The number of anilines is 1. The van der Waals surface area contributed by atoms with Crippen LogP contribution in [0.15, 0.2) is 71.6 Å². The molecule has 10 heteroatoms. The number of Topliss-reactive ketones (excluding diaryl/α,β-unsaturated/α-hetero) is 1. The summed E-state index contributed by atoms with van der Waals surface area (Å²) in [7, 11) is 0. The number of amides is 1. The van der Waals surface area contributed by atoms with Crippen molar-refractivity contribution in [3.8, 4) is 0 Å². The van der Waals surface area contributed by atoms with Crippen LogP contribution in [0.2, 0.25) is 0 Å². The van der Waals surface area contributed by atoms with Gasteiger partial charge in [0.1, 0.15) is 11.8 Å². The molecule has 5 rings (SSSR count). The second-order valence-electron chi connectivity index (χ2n) is 6.96. The largest absolute Gasteiger partial charge is 0.507 e. The summed E-state index contributed by atoms with van der Waals surface area (Å²) in [6, 6.07) is 15.5. The third-order valence-electron chi connectivity index (χ3n) is 5.08. The van der Waals surface area contributed by atoms with Gasteiger partial charge in [-0.15, -0.1) is 11.3 Å². The molecule has 1 aliphatic rings. The van der Waals surface area contributed by atoms with Crippen molar-refractivity contribution in [1.29, 1.82) is 0 Å². The van der Waals surface area contributed by atoms with Gasteiger partial charge in [0, 0.05) is 22.6 Å². The van der Waals surface area contributed by atoms with Crippen LogP contribution in [0.3, 0.4) is 0 Å². The molecule has 1 unspecified atom stereocenters. The summed E-state index contributed by atoms with van der Waals surface area (Å²) in [5.74, 6) is -1.88. The van der Waals surface area contributed by atoms with Gasteiger partial charge >= 0.3 is 5.91 Å². The molecule has 4 aromatic rings. The predicted molar refractivity (Wildman–Crippen MR) is 122 cm³/mol. The van der Waals surface area contributed by atoms with E-state index in [9.17, 15) is 24.8 Å². The maximum absolute atomic E-state index is 13.1. The Hall–Kier alpha value is -3.89. The lowest BCUT2D eigenvalue weighted by molar-refractivity contribution is -0.384. The van der Waals surface area contributed by atoms with Crippen LogP contribution >= 0.6 is 22.7 Å². The lowest BCUT2D eigenvalue weighted by atomic mass is 10.00. The molecule has 1 N–H and O–H groups in total. The van der Waals surface area contributed by atoms with Crippen molar-refractivity contribution in [2.75, 3.05) is 4.90 Å². The second kappa shape index (κ2) is 7.66. The van der Waals surface area contributed by atoms with Crippen LogP contribution in [0.4, 0.5) is 10.8 Å². The predicted octanol–water partition coefficient (Wildman–Crippen LogP) is 4.89. The lowest BCUT2D eigenvalue weighted by Gasteiger charge is -2.21. The lowest BCUT2D eigenvalue weighted by Crippen LogP contribution is -2.28. The smallest absolute Gasteiger partial charge is 0.301 e. The van der Waals surface area contributed by atoms with Crippen molar-refractivity contribution in [2.45, 2.75) is 6.04 Å². The van der Waals surface area contributed by atoms with Crippen LogP contribution < -0.4 is 4.90 Å². The van der Waals surface area contributed by atoms with Gasteiger partial charge in [0.15, 0.2) is 5.13 Å². The quantitative estimate of drug-likeness (QED) is 0.152. The van der Waals surface area contributed by atoms with Crippen LogP contribution in [0.5, 0.6) is 0 Å². The number of thiazole rings is 1. The molecule has 32 heavy (non-hydrogen) atoms. The topological polar surface area (TPSA) is 114 Å². The fourth-order valence-corrected chi connectivity index (χ4v) is 5.46. The highest BCUT2D eigenvalue weighted by Crippen LogP contribution is 2.45. The summed E-state index contributed by atoms with van der Waals surface area (Å²) in [6.07, 6.45) is 0. The standard InChI is InChI=1S/C22H13N3O5S2/c26-19(12-5-2-1-3-6-12)17-18(15-7-4-10-31-15)24(21(28)20(17)27)22-23-14-9-8-13(25(29)30)11-16(14)32-22/h1-11,18,26H/b19-17+. The van der Waals surface area contributed by atoms with Gasteiger partial charge < -0.3 is 5.11 Å². The average Bonchev–Trinajstić information content (AvgIpc) is 3.52. The Balaban J connectivity index is 1.70. The van der Waals surface area contributed by atoms with Gasteiger partial charge in [0.2, 0.25) is 0 Å². The third-order valence-corrected chi connectivity index (χ3v) is 7.02. The fraction of sp³-hybridized carbons (Fsp3) is 0.0455. The maximum Gasteiger partial charge on any atom is 0.301 e. The molecular formula is C22H13N3O5S2. The van der Waals surface area contributed by atoms with Crippen LogP contribution in [-0.4, -0.2) is 26.7 Å². The number of aliphatic hydroxyl groups excluding tert-OH is 1.